The van der Waals surface area contributed by atoms with Crippen molar-refractivity contribution in [3.63, 3.8) is 0 Å². The van der Waals surface area contributed by atoms with Crippen molar-refractivity contribution in [1.82, 2.24) is 5.32 Å². The predicted octanol–water partition coefficient (Wildman–Crippen LogP) is 2.34. The van der Waals surface area contributed by atoms with Gasteiger partial charge in [-0.1, -0.05) is 25.7 Å². The average Bonchev–Trinajstić information content (AvgIpc) is 2.94. The highest BCUT2D eigenvalue weighted by Gasteiger charge is 2.41. The summed E-state index contributed by atoms with van der Waals surface area (Å²) in [5.41, 5.74) is -0.688. The molecule has 2 saturated carbocycles. The number of rotatable bonds is 4. The Morgan fingerprint density at radius 2 is 1.91 bits per heavy atom. The van der Waals surface area contributed by atoms with Gasteiger partial charge < -0.3 is 15.2 Å². The molecular weight excluding hydrogens is 282 g/mol. The third-order valence-electron chi connectivity index (χ3n) is 5.89. The van der Waals surface area contributed by atoms with Crippen molar-refractivity contribution in [3.05, 3.63) is 0 Å². The van der Waals surface area contributed by atoms with Crippen LogP contribution in [0.4, 0.5) is 0 Å². The Balaban J connectivity index is 1.60. The number of fused-ring (bicyclic) bond motifs is 1. The summed E-state index contributed by atoms with van der Waals surface area (Å²) in [5.74, 6) is 0.761. The van der Waals surface area contributed by atoms with Gasteiger partial charge in [0.15, 0.2) is 0 Å². The highest BCUT2D eigenvalue weighted by Crippen LogP contribution is 2.43. The number of carboxylic acids is 1. The summed E-state index contributed by atoms with van der Waals surface area (Å²) in [6, 6.07) is 0. The van der Waals surface area contributed by atoms with Crippen molar-refractivity contribution in [1.29, 1.82) is 0 Å². The fourth-order valence-corrected chi connectivity index (χ4v) is 4.65. The van der Waals surface area contributed by atoms with Gasteiger partial charge >= 0.3 is 5.97 Å². The lowest BCUT2D eigenvalue weighted by Gasteiger charge is -2.39. The van der Waals surface area contributed by atoms with Crippen LogP contribution in [0.5, 0.6) is 0 Å². The van der Waals surface area contributed by atoms with E-state index in [2.05, 4.69) is 5.32 Å². The molecule has 3 fully saturated rings. The lowest BCUT2D eigenvalue weighted by Crippen LogP contribution is -2.53. The molecule has 2 aliphatic carbocycles. The van der Waals surface area contributed by atoms with E-state index in [1.54, 1.807) is 0 Å². The molecule has 5 heteroatoms. The molecule has 1 amide bonds. The number of nitrogens with one attached hydrogen (secondary N) is 1. The highest BCUT2D eigenvalue weighted by molar-refractivity contribution is 5.80. The van der Waals surface area contributed by atoms with E-state index >= 15 is 0 Å². The van der Waals surface area contributed by atoms with Gasteiger partial charge in [-0.25, -0.2) is 0 Å². The topological polar surface area (TPSA) is 75.6 Å². The summed E-state index contributed by atoms with van der Waals surface area (Å²) in [4.78, 5) is 23.8. The number of hydrogen-bond acceptors (Lipinski definition) is 3. The van der Waals surface area contributed by atoms with Gasteiger partial charge in [0.1, 0.15) is 0 Å². The van der Waals surface area contributed by atoms with Crippen LogP contribution in [0, 0.1) is 17.8 Å². The Morgan fingerprint density at radius 3 is 2.59 bits per heavy atom. The summed E-state index contributed by atoms with van der Waals surface area (Å²) in [6.07, 6.45) is 8.89. The van der Waals surface area contributed by atoms with Crippen LogP contribution < -0.4 is 5.32 Å². The molecule has 3 rings (SSSR count). The van der Waals surface area contributed by atoms with Gasteiger partial charge in [-0.05, 0) is 37.5 Å². The Hall–Kier alpha value is -1.10. The van der Waals surface area contributed by atoms with Crippen molar-refractivity contribution in [3.8, 4) is 0 Å². The molecule has 0 aromatic heterocycles. The van der Waals surface area contributed by atoms with Crippen LogP contribution in [0.3, 0.4) is 0 Å². The quantitative estimate of drug-likeness (QED) is 0.836. The van der Waals surface area contributed by atoms with Crippen LogP contribution in [0.1, 0.15) is 57.8 Å². The Bertz CT molecular complexity index is 430. The zero-order chi connectivity index (χ0) is 15.6. The first-order chi connectivity index (χ1) is 10.6. The molecule has 0 spiro atoms. The predicted molar refractivity (Wildman–Crippen MR) is 81.4 cm³/mol. The third-order valence-corrected chi connectivity index (χ3v) is 5.89. The van der Waals surface area contributed by atoms with E-state index in [1.165, 1.54) is 25.7 Å². The van der Waals surface area contributed by atoms with Gasteiger partial charge in [-0.3, -0.25) is 9.59 Å². The molecule has 0 aromatic carbocycles. The lowest BCUT2D eigenvalue weighted by atomic mass is 9.67. The summed E-state index contributed by atoms with van der Waals surface area (Å²) >= 11 is 0. The molecule has 1 heterocycles. The molecule has 1 aliphatic heterocycles. The first-order valence-corrected chi connectivity index (χ1v) is 8.69. The van der Waals surface area contributed by atoms with Crippen LogP contribution in [-0.2, 0) is 14.3 Å². The zero-order valence-corrected chi connectivity index (χ0v) is 13.2. The van der Waals surface area contributed by atoms with E-state index in [0.717, 1.165) is 25.2 Å². The molecule has 3 aliphatic rings. The molecule has 0 aromatic rings. The van der Waals surface area contributed by atoms with Gasteiger partial charge in [0, 0.05) is 12.5 Å². The maximum Gasteiger partial charge on any atom is 0.305 e. The molecular formula is C17H27NO4. The number of ether oxygens (including phenoxy) is 1. The molecule has 1 saturated heterocycles. The van der Waals surface area contributed by atoms with Crippen LogP contribution >= 0.6 is 0 Å². The molecule has 124 valence electrons. The maximum atomic E-state index is 12.7. The SMILES string of the molecule is O=C(O)CC1(NC(=O)C2CCC3CCCCC3C2)CCOC1. The van der Waals surface area contributed by atoms with Crippen molar-refractivity contribution >= 4 is 11.9 Å². The van der Waals surface area contributed by atoms with E-state index in [9.17, 15) is 9.59 Å². The second kappa shape index (κ2) is 6.57. The van der Waals surface area contributed by atoms with Gasteiger partial charge in [0.25, 0.3) is 0 Å². The third kappa shape index (κ3) is 3.45. The first-order valence-electron chi connectivity index (χ1n) is 8.69. The first kappa shape index (κ1) is 15.8. The van der Waals surface area contributed by atoms with E-state index in [-0.39, 0.29) is 18.2 Å². The van der Waals surface area contributed by atoms with E-state index in [1.807, 2.05) is 0 Å². The molecule has 5 nitrogen and oxygen atoms in total. The van der Waals surface area contributed by atoms with E-state index in [0.29, 0.717) is 25.6 Å². The van der Waals surface area contributed by atoms with Crippen molar-refractivity contribution in [2.24, 2.45) is 17.8 Å². The van der Waals surface area contributed by atoms with Crippen molar-refractivity contribution in [2.75, 3.05) is 13.2 Å². The van der Waals surface area contributed by atoms with Gasteiger partial charge in [-0.15, -0.1) is 0 Å². The summed E-state index contributed by atoms with van der Waals surface area (Å²) in [5, 5.41) is 12.2. The fourth-order valence-electron chi connectivity index (χ4n) is 4.65. The molecule has 2 N–H and O–H groups in total. The smallest absolute Gasteiger partial charge is 0.305 e. The lowest BCUT2D eigenvalue weighted by molar-refractivity contribution is -0.139. The van der Waals surface area contributed by atoms with Gasteiger partial charge in [0.05, 0.1) is 18.6 Å². The molecule has 4 atom stereocenters. The molecule has 4 unspecified atom stereocenters. The molecule has 22 heavy (non-hydrogen) atoms. The van der Waals surface area contributed by atoms with Crippen LogP contribution in [-0.4, -0.2) is 35.7 Å². The number of amides is 1. The molecule has 0 radical (unpaired) electrons. The van der Waals surface area contributed by atoms with E-state index in [4.69, 9.17) is 9.84 Å². The number of hydrogen-bond donors (Lipinski definition) is 2. The normalized spacial score (nSPS) is 38.3. The van der Waals surface area contributed by atoms with E-state index < -0.39 is 11.5 Å². The number of carboxylic acid groups (broad SMARTS) is 1. The Morgan fingerprint density at radius 1 is 1.14 bits per heavy atom. The standard InChI is InChI=1S/C17H27NO4/c19-15(20)10-17(7-8-22-11-17)18-16(21)14-6-5-12-3-1-2-4-13(12)9-14/h12-14H,1-11H2,(H,18,21)(H,19,20). The Kier molecular flexibility index (Phi) is 4.71. The summed E-state index contributed by atoms with van der Waals surface area (Å²) < 4.78 is 5.36. The number of aliphatic carboxylic acids is 1. The summed E-state index contributed by atoms with van der Waals surface area (Å²) in [7, 11) is 0. The van der Waals surface area contributed by atoms with Gasteiger partial charge in [-0.2, -0.15) is 0 Å². The average molecular weight is 309 g/mol. The van der Waals surface area contributed by atoms with Crippen LogP contribution in [0.25, 0.3) is 0 Å². The van der Waals surface area contributed by atoms with Gasteiger partial charge in [0.2, 0.25) is 5.91 Å². The second-order valence-corrected chi connectivity index (χ2v) is 7.46. The monoisotopic (exact) mass is 309 g/mol. The second-order valence-electron chi connectivity index (χ2n) is 7.46. The highest BCUT2D eigenvalue weighted by atomic mass is 16.5. The minimum absolute atomic E-state index is 0.0441. The summed E-state index contributed by atoms with van der Waals surface area (Å²) in [6.45, 7) is 0.854. The zero-order valence-electron chi connectivity index (χ0n) is 13.2. The van der Waals surface area contributed by atoms with Crippen LogP contribution in [0.15, 0.2) is 0 Å². The largest absolute Gasteiger partial charge is 0.481 e. The maximum absolute atomic E-state index is 12.7. The van der Waals surface area contributed by atoms with Crippen molar-refractivity contribution < 1.29 is 19.4 Å². The number of carbonyl (C=O) groups is 2. The van der Waals surface area contributed by atoms with Crippen molar-refractivity contribution in [2.45, 2.75) is 63.3 Å². The fraction of sp³-hybridized carbons (Fsp3) is 0.882. The molecule has 0 bridgehead atoms. The minimum Gasteiger partial charge on any atom is -0.481 e. The Labute approximate surface area is 131 Å². The number of carbonyl (C=O) groups excluding carboxylic acids is 1. The minimum atomic E-state index is -0.873. The van der Waals surface area contributed by atoms with Crippen LogP contribution in [0.2, 0.25) is 0 Å².